The number of piperazine rings is 1. The van der Waals surface area contributed by atoms with Crippen LogP contribution in [0.1, 0.15) is 30.5 Å². The summed E-state index contributed by atoms with van der Waals surface area (Å²) in [5, 5.41) is 3.36. The molecule has 94 valence electrons. The molecule has 0 amide bonds. The maximum Gasteiger partial charge on any atom is 0.126 e. The fourth-order valence-corrected chi connectivity index (χ4v) is 2.57. The molecule has 1 saturated heterocycles. The van der Waals surface area contributed by atoms with Crippen LogP contribution in [-0.2, 0) is 0 Å². The van der Waals surface area contributed by atoms with Crippen LogP contribution in [0.3, 0.4) is 0 Å². The minimum absolute atomic E-state index is 0.107. The minimum atomic E-state index is -0.107. The van der Waals surface area contributed by atoms with E-state index in [2.05, 4.69) is 17.1 Å². The highest BCUT2D eigenvalue weighted by Crippen LogP contribution is 2.25. The van der Waals surface area contributed by atoms with E-state index in [1.54, 1.807) is 6.07 Å². The van der Waals surface area contributed by atoms with Crippen LogP contribution in [0.25, 0.3) is 0 Å². The Morgan fingerprint density at radius 1 is 1.35 bits per heavy atom. The molecule has 1 aromatic carbocycles. The first-order valence-electron chi connectivity index (χ1n) is 6.43. The molecule has 1 atom stereocenters. The molecule has 0 unspecified atom stereocenters. The van der Waals surface area contributed by atoms with Gasteiger partial charge in [0.25, 0.3) is 0 Å². The van der Waals surface area contributed by atoms with Crippen LogP contribution in [0.15, 0.2) is 18.2 Å². The van der Waals surface area contributed by atoms with Crippen molar-refractivity contribution >= 4 is 0 Å². The maximum atomic E-state index is 13.3. The summed E-state index contributed by atoms with van der Waals surface area (Å²) in [6.45, 7) is 8.30. The second-order valence-corrected chi connectivity index (χ2v) is 4.72. The molecule has 0 radical (unpaired) electrons. The topological polar surface area (TPSA) is 15.3 Å². The smallest absolute Gasteiger partial charge is 0.126 e. The van der Waals surface area contributed by atoms with Crippen LogP contribution in [0, 0.1) is 12.7 Å². The standard InChI is InChI=1S/C14H21FN2/c1-3-14(17-8-6-16-7-9-17)12-4-5-13(15)11(2)10-12/h4-5,10,14,16H,3,6-9H2,1-2H3/t14-/m1/s1. The number of halogens is 1. The van der Waals surface area contributed by atoms with Crippen LogP contribution in [0.2, 0.25) is 0 Å². The second-order valence-electron chi connectivity index (χ2n) is 4.72. The van der Waals surface area contributed by atoms with Gasteiger partial charge in [-0.2, -0.15) is 0 Å². The van der Waals surface area contributed by atoms with E-state index >= 15 is 0 Å². The lowest BCUT2D eigenvalue weighted by molar-refractivity contribution is 0.169. The highest BCUT2D eigenvalue weighted by Gasteiger charge is 2.20. The monoisotopic (exact) mass is 236 g/mol. The number of nitrogens with zero attached hydrogens (tertiary/aromatic N) is 1. The number of hydrogen-bond acceptors (Lipinski definition) is 2. The van der Waals surface area contributed by atoms with E-state index in [9.17, 15) is 4.39 Å². The Morgan fingerprint density at radius 3 is 2.65 bits per heavy atom. The molecule has 0 saturated carbocycles. The summed E-state index contributed by atoms with van der Waals surface area (Å²) in [6.07, 6.45) is 1.07. The molecule has 0 bridgehead atoms. The van der Waals surface area contributed by atoms with Crippen molar-refractivity contribution in [2.24, 2.45) is 0 Å². The van der Waals surface area contributed by atoms with Gasteiger partial charge in [0.15, 0.2) is 0 Å². The van der Waals surface area contributed by atoms with Gasteiger partial charge in [-0.3, -0.25) is 4.90 Å². The van der Waals surface area contributed by atoms with E-state index in [-0.39, 0.29) is 5.82 Å². The van der Waals surface area contributed by atoms with Crippen LogP contribution in [0.5, 0.6) is 0 Å². The zero-order chi connectivity index (χ0) is 12.3. The molecule has 2 nitrogen and oxygen atoms in total. The van der Waals surface area contributed by atoms with Gasteiger partial charge in [0.05, 0.1) is 0 Å². The summed E-state index contributed by atoms with van der Waals surface area (Å²) < 4.78 is 13.3. The quantitative estimate of drug-likeness (QED) is 0.867. The average Bonchev–Trinajstić information content (AvgIpc) is 2.36. The van der Waals surface area contributed by atoms with Gasteiger partial charge in [0, 0.05) is 32.2 Å². The van der Waals surface area contributed by atoms with Gasteiger partial charge in [0.2, 0.25) is 0 Å². The summed E-state index contributed by atoms with van der Waals surface area (Å²) in [7, 11) is 0. The number of aryl methyl sites for hydroxylation is 1. The largest absolute Gasteiger partial charge is 0.314 e. The molecule has 17 heavy (non-hydrogen) atoms. The van der Waals surface area contributed by atoms with E-state index in [4.69, 9.17) is 0 Å². The van der Waals surface area contributed by atoms with Gasteiger partial charge in [-0.1, -0.05) is 19.1 Å². The third-order valence-corrected chi connectivity index (χ3v) is 3.55. The van der Waals surface area contributed by atoms with Crippen molar-refractivity contribution < 1.29 is 4.39 Å². The van der Waals surface area contributed by atoms with Crippen molar-refractivity contribution in [3.05, 3.63) is 35.1 Å². The number of nitrogens with one attached hydrogen (secondary N) is 1. The summed E-state index contributed by atoms with van der Waals surface area (Å²) in [5.74, 6) is -0.107. The van der Waals surface area contributed by atoms with Crippen molar-refractivity contribution in [3.8, 4) is 0 Å². The Kier molecular flexibility index (Phi) is 4.13. The molecule has 3 heteroatoms. The van der Waals surface area contributed by atoms with Crippen molar-refractivity contribution in [1.29, 1.82) is 0 Å². The van der Waals surface area contributed by atoms with Crippen LogP contribution in [-0.4, -0.2) is 31.1 Å². The fraction of sp³-hybridized carbons (Fsp3) is 0.571. The number of benzene rings is 1. The Balaban J connectivity index is 2.18. The summed E-state index contributed by atoms with van der Waals surface area (Å²) >= 11 is 0. The number of hydrogen-bond donors (Lipinski definition) is 1. The molecule has 0 aliphatic carbocycles. The molecule has 1 aromatic rings. The Bertz CT molecular complexity index is 372. The van der Waals surface area contributed by atoms with Gasteiger partial charge in [-0.25, -0.2) is 4.39 Å². The SMILES string of the molecule is CC[C@H](c1ccc(F)c(C)c1)N1CCNCC1. The predicted molar refractivity (Wildman–Crippen MR) is 68.6 cm³/mol. The third-order valence-electron chi connectivity index (χ3n) is 3.55. The Morgan fingerprint density at radius 2 is 2.06 bits per heavy atom. The lowest BCUT2D eigenvalue weighted by Crippen LogP contribution is -2.45. The first-order chi connectivity index (χ1) is 8.22. The molecule has 1 N–H and O–H groups in total. The van der Waals surface area contributed by atoms with Gasteiger partial charge in [0.1, 0.15) is 5.82 Å². The normalized spacial score (nSPS) is 19.2. The van der Waals surface area contributed by atoms with E-state index in [0.717, 1.165) is 38.2 Å². The van der Waals surface area contributed by atoms with E-state index < -0.39 is 0 Å². The first kappa shape index (κ1) is 12.5. The van der Waals surface area contributed by atoms with E-state index in [1.807, 2.05) is 19.1 Å². The minimum Gasteiger partial charge on any atom is -0.314 e. The highest BCUT2D eigenvalue weighted by molar-refractivity contribution is 5.26. The summed E-state index contributed by atoms with van der Waals surface area (Å²) in [6, 6.07) is 5.94. The van der Waals surface area contributed by atoms with Crippen LogP contribution >= 0.6 is 0 Å². The molecule has 1 fully saturated rings. The Labute approximate surface area is 103 Å². The molecule has 1 aliphatic heterocycles. The van der Waals surface area contributed by atoms with Crippen molar-refractivity contribution in [2.45, 2.75) is 26.3 Å². The average molecular weight is 236 g/mol. The third kappa shape index (κ3) is 2.85. The molecule has 1 aliphatic rings. The van der Waals surface area contributed by atoms with Crippen molar-refractivity contribution in [3.63, 3.8) is 0 Å². The molecular formula is C14H21FN2. The molecule has 2 rings (SSSR count). The van der Waals surface area contributed by atoms with Crippen LogP contribution < -0.4 is 5.32 Å². The maximum absolute atomic E-state index is 13.3. The fourth-order valence-electron chi connectivity index (χ4n) is 2.57. The van der Waals surface area contributed by atoms with Gasteiger partial charge in [-0.15, -0.1) is 0 Å². The molecule has 0 aromatic heterocycles. The van der Waals surface area contributed by atoms with Crippen molar-refractivity contribution in [1.82, 2.24) is 10.2 Å². The second kappa shape index (κ2) is 5.61. The van der Waals surface area contributed by atoms with Gasteiger partial charge >= 0.3 is 0 Å². The zero-order valence-corrected chi connectivity index (χ0v) is 10.7. The van der Waals surface area contributed by atoms with E-state index in [1.165, 1.54) is 5.56 Å². The van der Waals surface area contributed by atoms with Crippen LogP contribution in [0.4, 0.5) is 4.39 Å². The molecule has 1 heterocycles. The van der Waals surface area contributed by atoms with Gasteiger partial charge in [-0.05, 0) is 30.5 Å². The van der Waals surface area contributed by atoms with Gasteiger partial charge < -0.3 is 5.32 Å². The lowest BCUT2D eigenvalue weighted by Gasteiger charge is -2.34. The van der Waals surface area contributed by atoms with Crippen molar-refractivity contribution in [2.75, 3.05) is 26.2 Å². The zero-order valence-electron chi connectivity index (χ0n) is 10.7. The van der Waals surface area contributed by atoms with E-state index in [0.29, 0.717) is 6.04 Å². The Hall–Kier alpha value is -0.930. The molecular weight excluding hydrogens is 215 g/mol. The summed E-state index contributed by atoms with van der Waals surface area (Å²) in [5.41, 5.74) is 1.99. The summed E-state index contributed by atoms with van der Waals surface area (Å²) in [4.78, 5) is 2.49. The highest BCUT2D eigenvalue weighted by atomic mass is 19.1. The first-order valence-corrected chi connectivity index (χ1v) is 6.43. The molecule has 0 spiro atoms. The lowest BCUT2D eigenvalue weighted by atomic mass is 10.00. The predicted octanol–water partition coefficient (Wildman–Crippen LogP) is 2.49. The number of rotatable bonds is 3.